The lowest BCUT2D eigenvalue weighted by atomic mass is 10.1. The van der Waals surface area contributed by atoms with Gasteiger partial charge in [0.25, 0.3) is 0 Å². The Morgan fingerprint density at radius 3 is 2.86 bits per heavy atom. The van der Waals surface area contributed by atoms with Crippen molar-refractivity contribution in [3.63, 3.8) is 0 Å². The molecule has 0 aromatic heterocycles. The van der Waals surface area contributed by atoms with Crippen molar-refractivity contribution in [3.05, 3.63) is 0 Å². The monoisotopic (exact) mass is 203 g/mol. The molecular formula is C10H22FN3. The summed E-state index contributed by atoms with van der Waals surface area (Å²) in [5, 5.41) is 6.32. The zero-order valence-electron chi connectivity index (χ0n) is 9.22. The molecule has 1 saturated heterocycles. The van der Waals surface area contributed by atoms with E-state index in [0.717, 1.165) is 26.1 Å². The molecule has 1 rings (SSSR count). The maximum absolute atomic E-state index is 12.8. The van der Waals surface area contributed by atoms with Crippen LogP contribution in [0.5, 0.6) is 0 Å². The van der Waals surface area contributed by atoms with E-state index in [0.29, 0.717) is 19.0 Å². The van der Waals surface area contributed by atoms with Crippen molar-refractivity contribution in [1.29, 1.82) is 0 Å². The summed E-state index contributed by atoms with van der Waals surface area (Å²) < 4.78 is 12.8. The van der Waals surface area contributed by atoms with Crippen molar-refractivity contribution >= 4 is 0 Å². The molecule has 2 atom stereocenters. The highest BCUT2D eigenvalue weighted by Crippen LogP contribution is 2.12. The Morgan fingerprint density at radius 2 is 2.29 bits per heavy atom. The summed E-state index contributed by atoms with van der Waals surface area (Å²) in [6.07, 6.45) is 1.13. The van der Waals surface area contributed by atoms with Crippen LogP contribution in [0.25, 0.3) is 0 Å². The second-order valence-corrected chi connectivity index (χ2v) is 4.13. The molecule has 1 aliphatic heterocycles. The second kappa shape index (κ2) is 6.32. The maximum atomic E-state index is 12.8. The van der Waals surface area contributed by atoms with E-state index < -0.39 is 6.17 Å². The molecule has 1 heterocycles. The Labute approximate surface area is 86.0 Å². The van der Waals surface area contributed by atoms with Crippen LogP contribution in [-0.2, 0) is 0 Å². The highest BCUT2D eigenvalue weighted by atomic mass is 19.1. The summed E-state index contributed by atoms with van der Waals surface area (Å²) in [7, 11) is 4.07. The summed E-state index contributed by atoms with van der Waals surface area (Å²) in [6.45, 7) is 3.67. The number of rotatable bonds is 6. The van der Waals surface area contributed by atoms with Crippen molar-refractivity contribution in [2.75, 3.05) is 40.3 Å². The summed E-state index contributed by atoms with van der Waals surface area (Å²) in [4.78, 5) is 2.28. The van der Waals surface area contributed by atoms with Crippen LogP contribution < -0.4 is 10.6 Å². The number of hydrogen-bond acceptors (Lipinski definition) is 3. The van der Waals surface area contributed by atoms with Crippen molar-refractivity contribution in [1.82, 2.24) is 15.5 Å². The standard InChI is InChI=1S/C10H22FN3/c1-12-4-6-14(2)5-3-10-7-9(11)8-13-10/h9-10,12-13H,3-8H2,1-2H3. The first-order valence-corrected chi connectivity index (χ1v) is 5.43. The van der Waals surface area contributed by atoms with Crippen molar-refractivity contribution in [2.24, 2.45) is 0 Å². The number of hydrogen-bond donors (Lipinski definition) is 2. The third-order valence-electron chi connectivity index (χ3n) is 2.77. The van der Waals surface area contributed by atoms with Crippen LogP contribution in [0.4, 0.5) is 4.39 Å². The average Bonchev–Trinajstić information content (AvgIpc) is 2.58. The third-order valence-corrected chi connectivity index (χ3v) is 2.77. The third kappa shape index (κ3) is 4.35. The average molecular weight is 203 g/mol. The molecule has 4 heteroatoms. The normalized spacial score (nSPS) is 27.4. The fraction of sp³-hybridized carbons (Fsp3) is 1.00. The molecule has 1 fully saturated rings. The van der Waals surface area contributed by atoms with E-state index in [-0.39, 0.29) is 0 Å². The summed E-state index contributed by atoms with van der Waals surface area (Å²) in [5.41, 5.74) is 0. The van der Waals surface area contributed by atoms with Gasteiger partial charge in [-0.25, -0.2) is 4.39 Å². The van der Waals surface area contributed by atoms with Crippen molar-refractivity contribution in [3.8, 4) is 0 Å². The zero-order chi connectivity index (χ0) is 10.4. The van der Waals surface area contributed by atoms with E-state index in [1.807, 2.05) is 7.05 Å². The van der Waals surface area contributed by atoms with Gasteiger partial charge in [-0.2, -0.15) is 0 Å². The molecule has 0 bridgehead atoms. The van der Waals surface area contributed by atoms with Gasteiger partial charge in [0.05, 0.1) is 0 Å². The van der Waals surface area contributed by atoms with Crippen LogP contribution in [-0.4, -0.2) is 57.4 Å². The van der Waals surface area contributed by atoms with E-state index in [4.69, 9.17) is 0 Å². The summed E-state index contributed by atoms with van der Waals surface area (Å²) in [5.74, 6) is 0. The Hall–Kier alpha value is -0.190. The molecule has 1 aliphatic rings. The molecule has 0 spiro atoms. The second-order valence-electron chi connectivity index (χ2n) is 4.13. The van der Waals surface area contributed by atoms with Crippen LogP contribution >= 0.6 is 0 Å². The molecule has 2 N–H and O–H groups in total. The first-order chi connectivity index (χ1) is 6.72. The van der Waals surface area contributed by atoms with Crippen molar-refractivity contribution < 1.29 is 4.39 Å². The Morgan fingerprint density at radius 1 is 1.50 bits per heavy atom. The number of alkyl halides is 1. The molecule has 0 saturated carbocycles. The quantitative estimate of drug-likeness (QED) is 0.647. The highest BCUT2D eigenvalue weighted by molar-refractivity contribution is 4.81. The molecule has 2 unspecified atom stereocenters. The van der Waals surface area contributed by atoms with Gasteiger partial charge < -0.3 is 15.5 Å². The molecule has 0 aromatic carbocycles. The molecular weight excluding hydrogens is 181 g/mol. The van der Waals surface area contributed by atoms with E-state index in [1.165, 1.54) is 0 Å². The zero-order valence-corrected chi connectivity index (χ0v) is 9.22. The van der Waals surface area contributed by atoms with Gasteiger partial charge in [0.15, 0.2) is 0 Å². The number of nitrogens with one attached hydrogen (secondary N) is 2. The number of nitrogens with zero attached hydrogens (tertiary/aromatic N) is 1. The smallest absolute Gasteiger partial charge is 0.114 e. The minimum Gasteiger partial charge on any atom is -0.318 e. The fourth-order valence-corrected chi connectivity index (χ4v) is 1.78. The van der Waals surface area contributed by atoms with Gasteiger partial charge in [0.1, 0.15) is 6.17 Å². The van der Waals surface area contributed by atoms with Crippen LogP contribution in [0.2, 0.25) is 0 Å². The van der Waals surface area contributed by atoms with E-state index in [2.05, 4.69) is 22.6 Å². The van der Waals surface area contributed by atoms with Gasteiger partial charge in [-0.1, -0.05) is 0 Å². The highest BCUT2D eigenvalue weighted by Gasteiger charge is 2.22. The molecule has 3 nitrogen and oxygen atoms in total. The molecule has 84 valence electrons. The summed E-state index contributed by atoms with van der Waals surface area (Å²) in [6, 6.07) is 0.391. The largest absolute Gasteiger partial charge is 0.318 e. The molecule has 14 heavy (non-hydrogen) atoms. The SMILES string of the molecule is CNCCN(C)CCC1CC(F)CN1. The minimum atomic E-state index is -0.623. The van der Waals surface area contributed by atoms with Crippen LogP contribution in [0, 0.1) is 0 Å². The van der Waals surface area contributed by atoms with Crippen molar-refractivity contribution in [2.45, 2.75) is 25.1 Å². The first kappa shape index (κ1) is 11.9. The topological polar surface area (TPSA) is 27.3 Å². The van der Waals surface area contributed by atoms with E-state index in [1.54, 1.807) is 0 Å². The number of likely N-dealkylation sites (N-methyl/N-ethyl adjacent to an activating group) is 2. The molecule has 0 radical (unpaired) electrons. The van der Waals surface area contributed by atoms with Gasteiger partial charge in [0, 0.05) is 25.7 Å². The van der Waals surface area contributed by atoms with Gasteiger partial charge in [-0.15, -0.1) is 0 Å². The van der Waals surface area contributed by atoms with Gasteiger partial charge >= 0.3 is 0 Å². The fourth-order valence-electron chi connectivity index (χ4n) is 1.78. The number of halogens is 1. The molecule has 0 amide bonds. The maximum Gasteiger partial charge on any atom is 0.114 e. The predicted octanol–water partition coefficient (Wildman–Crippen LogP) is 0.228. The van der Waals surface area contributed by atoms with Gasteiger partial charge in [0.2, 0.25) is 0 Å². The lowest BCUT2D eigenvalue weighted by molar-refractivity contribution is 0.307. The molecule has 0 aliphatic carbocycles. The Bertz CT molecular complexity index is 154. The summed E-state index contributed by atoms with van der Waals surface area (Å²) >= 11 is 0. The predicted molar refractivity (Wildman–Crippen MR) is 57.3 cm³/mol. The Balaban J connectivity index is 2.02. The van der Waals surface area contributed by atoms with Gasteiger partial charge in [-0.05, 0) is 33.5 Å². The molecule has 0 aromatic rings. The lowest BCUT2D eigenvalue weighted by Crippen LogP contribution is -2.32. The lowest BCUT2D eigenvalue weighted by Gasteiger charge is -2.18. The first-order valence-electron chi connectivity index (χ1n) is 5.43. The van der Waals surface area contributed by atoms with E-state index in [9.17, 15) is 4.39 Å². The minimum absolute atomic E-state index is 0.391. The Kier molecular flexibility index (Phi) is 5.37. The van der Waals surface area contributed by atoms with Crippen LogP contribution in [0.15, 0.2) is 0 Å². The van der Waals surface area contributed by atoms with Gasteiger partial charge in [-0.3, -0.25) is 0 Å². The van der Waals surface area contributed by atoms with E-state index >= 15 is 0 Å². The van der Waals surface area contributed by atoms with Crippen LogP contribution in [0.3, 0.4) is 0 Å². The van der Waals surface area contributed by atoms with Crippen LogP contribution in [0.1, 0.15) is 12.8 Å².